The third-order valence-corrected chi connectivity index (χ3v) is 2.17. The minimum Gasteiger partial charge on any atom is -0.322 e. The minimum atomic E-state index is -3.33. The first-order valence-corrected chi connectivity index (χ1v) is 4.13. The summed E-state index contributed by atoms with van der Waals surface area (Å²) in [6, 6.07) is 8.10. The highest BCUT2D eigenvalue weighted by molar-refractivity contribution is 6.21. The highest BCUT2D eigenvalue weighted by Crippen LogP contribution is 2.36. The molecule has 1 nitrogen and oxygen atoms in total. The molecule has 0 radical (unpaired) electrons. The van der Waals surface area contributed by atoms with Crippen LogP contribution in [-0.4, -0.2) is 13.2 Å². The van der Waals surface area contributed by atoms with Crippen molar-refractivity contribution in [2.24, 2.45) is 0 Å². The lowest BCUT2D eigenvalue weighted by Gasteiger charge is -2.19. The zero-order valence-corrected chi connectivity index (χ0v) is 7.76. The second kappa shape index (κ2) is 4.03. The van der Waals surface area contributed by atoms with Crippen LogP contribution in [0.2, 0.25) is 0 Å². The topological polar surface area (TPSA) is 9.23 Å². The average molecular weight is 207 g/mol. The van der Waals surface area contributed by atoms with Crippen LogP contribution in [0.1, 0.15) is 10.9 Å². The Kier molecular flexibility index (Phi) is 3.22. The third kappa shape index (κ3) is 2.39. The van der Waals surface area contributed by atoms with Gasteiger partial charge in [-0.15, -0.1) is 11.6 Å². The monoisotopic (exact) mass is 206 g/mol. The molecule has 1 atom stereocenters. The number of rotatable bonds is 3. The zero-order valence-electron chi connectivity index (χ0n) is 7.01. The first kappa shape index (κ1) is 10.4. The van der Waals surface area contributed by atoms with E-state index < -0.39 is 11.5 Å². The summed E-state index contributed by atoms with van der Waals surface area (Å²) in [6.45, 7) is 0. The lowest BCUT2D eigenvalue weighted by Crippen LogP contribution is -2.24. The molecule has 0 aromatic heterocycles. The summed E-state index contributed by atoms with van der Waals surface area (Å²) in [5, 5.41) is -1.45. The third-order valence-electron chi connectivity index (χ3n) is 1.66. The van der Waals surface area contributed by atoms with Crippen LogP contribution in [0.25, 0.3) is 0 Å². The molecule has 72 valence electrons. The van der Waals surface area contributed by atoms with Crippen LogP contribution >= 0.6 is 11.6 Å². The van der Waals surface area contributed by atoms with Crippen molar-refractivity contribution in [2.75, 3.05) is 7.11 Å². The van der Waals surface area contributed by atoms with Crippen LogP contribution in [0.5, 0.6) is 0 Å². The van der Waals surface area contributed by atoms with Crippen molar-refractivity contribution in [3.8, 4) is 0 Å². The SMILES string of the molecule is COC(F)(F)C(Cl)c1ccccc1. The molecular formula is C9H9ClF2O. The Balaban J connectivity index is 2.85. The molecule has 0 saturated heterocycles. The van der Waals surface area contributed by atoms with Gasteiger partial charge in [0.2, 0.25) is 0 Å². The van der Waals surface area contributed by atoms with E-state index in [-0.39, 0.29) is 0 Å². The number of halogens is 3. The molecule has 1 aromatic rings. The number of hydrogen-bond donors (Lipinski definition) is 0. The van der Waals surface area contributed by atoms with Gasteiger partial charge in [0, 0.05) is 7.11 Å². The summed E-state index contributed by atoms with van der Waals surface area (Å²) in [6.07, 6.45) is -3.33. The predicted molar refractivity (Wildman–Crippen MR) is 47.0 cm³/mol. The van der Waals surface area contributed by atoms with E-state index in [1.807, 2.05) is 0 Å². The maximum absolute atomic E-state index is 12.9. The molecule has 0 spiro atoms. The summed E-state index contributed by atoms with van der Waals surface area (Å²) < 4.78 is 29.7. The largest absolute Gasteiger partial charge is 0.375 e. The van der Waals surface area contributed by atoms with E-state index in [1.165, 1.54) is 12.1 Å². The van der Waals surface area contributed by atoms with E-state index >= 15 is 0 Å². The van der Waals surface area contributed by atoms with Gasteiger partial charge in [0.1, 0.15) is 5.38 Å². The molecule has 0 heterocycles. The number of hydrogen-bond acceptors (Lipinski definition) is 1. The lowest BCUT2D eigenvalue weighted by molar-refractivity contribution is -0.223. The number of alkyl halides is 3. The Morgan fingerprint density at radius 1 is 1.31 bits per heavy atom. The maximum atomic E-state index is 12.9. The minimum absolute atomic E-state index is 0.344. The standard InChI is InChI=1S/C9H9ClF2O/c1-13-9(11,12)8(10)7-5-3-2-4-6-7/h2-6,8H,1H3. The molecule has 1 unspecified atom stereocenters. The first-order chi connectivity index (χ1) is 6.08. The molecule has 0 amide bonds. The fraction of sp³-hybridized carbons (Fsp3) is 0.333. The van der Waals surface area contributed by atoms with Crippen LogP contribution in [0.3, 0.4) is 0 Å². The van der Waals surface area contributed by atoms with Gasteiger partial charge in [0.15, 0.2) is 0 Å². The molecule has 0 saturated carbocycles. The second-order valence-corrected chi connectivity index (χ2v) is 2.98. The summed E-state index contributed by atoms with van der Waals surface area (Å²) >= 11 is 5.52. The van der Waals surface area contributed by atoms with Gasteiger partial charge >= 0.3 is 6.11 Å². The van der Waals surface area contributed by atoms with Gasteiger partial charge in [-0.2, -0.15) is 8.78 Å². The van der Waals surface area contributed by atoms with Crippen molar-refractivity contribution in [1.82, 2.24) is 0 Å². The molecule has 1 aromatic carbocycles. The van der Waals surface area contributed by atoms with Crippen LogP contribution < -0.4 is 0 Å². The van der Waals surface area contributed by atoms with Crippen LogP contribution in [-0.2, 0) is 4.74 Å². The van der Waals surface area contributed by atoms with E-state index in [0.717, 1.165) is 7.11 Å². The van der Waals surface area contributed by atoms with E-state index in [0.29, 0.717) is 5.56 Å². The first-order valence-electron chi connectivity index (χ1n) is 3.70. The summed E-state index contributed by atoms with van der Waals surface area (Å²) in [4.78, 5) is 0. The van der Waals surface area contributed by atoms with E-state index in [2.05, 4.69) is 4.74 Å². The smallest absolute Gasteiger partial charge is 0.322 e. The summed E-state index contributed by atoms with van der Waals surface area (Å²) in [7, 11) is 0.929. The normalized spacial score (nSPS) is 14.2. The van der Waals surface area contributed by atoms with Crippen molar-refractivity contribution in [2.45, 2.75) is 11.5 Å². The van der Waals surface area contributed by atoms with E-state index in [4.69, 9.17) is 11.6 Å². The summed E-state index contributed by atoms with van der Waals surface area (Å²) in [5.41, 5.74) is 0.344. The molecule has 0 aliphatic heterocycles. The molecule has 0 aliphatic carbocycles. The fourth-order valence-electron chi connectivity index (χ4n) is 0.920. The molecule has 0 fully saturated rings. The molecular weight excluding hydrogens is 198 g/mol. The highest BCUT2D eigenvalue weighted by atomic mass is 35.5. The predicted octanol–water partition coefficient (Wildman–Crippen LogP) is 3.21. The number of methoxy groups -OCH3 is 1. The average Bonchev–Trinajstić information content (AvgIpc) is 2.18. The fourth-order valence-corrected chi connectivity index (χ4v) is 1.15. The zero-order chi connectivity index (χ0) is 9.90. The van der Waals surface area contributed by atoms with Crippen molar-refractivity contribution in [3.63, 3.8) is 0 Å². The van der Waals surface area contributed by atoms with Crippen molar-refractivity contribution in [3.05, 3.63) is 35.9 Å². The van der Waals surface area contributed by atoms with Gasteiger partial charge in [-0.3, -0.25) is 0 Å². The van der Waals surface area contributed by atoms with Gasteiger partial charge in [-0.05, 0) is 5.56 Å². The molecule has 4 heteroatoms. The van der Waals surface area contributed by atoms with Gasteiger partial charge in [0.05, 0.1) is 0 Å². The Morgan fingerprint density at radius 3 is 2.31 bits per heavy atom. The van der Waals surface area contributed by atoms with Crippen LogP contribution in [0.15, 0.2) is 30.3 Å². The Morgan fingerprint density at radius 2 is 1.85 bits per heavy atom. The summed E-state index contributed by atoms with van der Waals surface area (Å²) in [5.74, 6) is 0. The molecule has 0 bridgehead atoms. The Hall–Kier alpha value is -0.670. The molecule has 13 heavy (non-hydrogen) atoms. The van der Waals surface area contributed by atoms with Crippen LogP contribution in [0.4, 0.5) is 8.78 Å². The van der Waals surface area contributed by atoms with E-state index in [1.54, 1.807) is 18.2 Å². The van der Waals surface area contributed by atoms with Gasteiger partial charge in [-0.25, -0.2) is 0 Å². The maximum Gasteiger partial charge on any atom is 0.375 e. The molecule has 0 N–H and O–H groups in total. The Labute approximate surface area is 80.3 Å². The molecule has 1 rings (SSSR count). The van der Waals surface area contributed by atoms with Crippen molar-refractivity contribution in [1.29, 1.82) is 0 Å². The van der Waals surface area contributed by atoms with Crippen LogP contribution in [0, 0.1) is 0 Å². The van der Waals surface area contributed by atoms with Gasteiger partial charge in [-0.1, -0.05) is 30.3 Å². The molecule has 0 aliphatic rings. The highest BCUT2D eigenvalue weighted by Gasteiger charge is 2.39. The Bertz CT molecular complexity index is 264. The number of benzene rings is 1. The lowest BCUT2D eigenvalue weighted by atomic mass is 10.1. The van der Waals surface area contributed by atoms with Crippen molar-refractivity contribution >= 4 is 11.6 Å². The van der Waals surface area contributed by atoms with Crippen molar-refractivity contribution < 1.29 is 13.5 Å². The van der Waals surface area contributed by atoms with Gasteiger partial charge < -0.3 is 4.74 Å². The van der Waals surface area contributed by atoms with E-state index in [9.17, 15) is 8.78 Å². The number of ether oxygens (including phenoxy) is 1. The quantitative estimate of drug-likeness (QED) is 0.690. The van der Waals surface area contributed by atoms with Gasteiger partial charge in [0.25, 0.3) is 0 Å². The second-order valence-electron chi connectivity index (χ2n) is 2.54.